The van der Waals surface area contributed by atoms with Crippen molar-refractivity contribution in [3.8, 4) is 5.75 Å². The van der Waals surface area contributed by atoms with E-state index in [1.54, 1.807) is 31.4 Å². The first-order chi connectivity index (χ1) is 9.02. The highest BCUT2D eigenvalue weighted by molar-refractivity contribution is 5.89. The Morgan fingerprint density at radius 2 is 1.95 bits per heavy atom. The van der Waals surface area contributed by atoms with Gasteiger partial charge in [-0.05, 0) is 24.3 Å². The zero-order valence-corrected chi connectivity index (χ0v) is 11.6. The van der Waals surface area contributed by atoms with Crippen molar-refractivity contribution in [1.29, 1.82) is 0 Å². The standard InChI is InChI=1S/C14H21NO4/c1-10(2)15-8-12(16)9-19-14(17)11-4-6-13(18-3)7-5-11/h4-7,10,12,15-16H,8-9H2,1-3H3/t12-/m1/s1. The Hall–Kier alpha value is -1.59. The Balaban J connectivity index is 2.37. The number of nitrogens with one attached hydrogen (secondary N) is 1. The molecule has 0 radical (unpaired) electrons. The molecule has 0 aliphatic rings. The molecule has 0 bridgehead atoms. The molecule has 0 aliphatic carbocycles. The van der Waals surface area contributed by atoms with Gasteiger partial charge in [0.05, 0.1) is 12.7 Å². The Morgan fingerprint density at radius 1 is 1.32 bits per heavy atom. The third kappa shape index (κ3) is 5.72. The first-order valence-electron chi connectivity index (χ1n) is 6.25. The monoisotopic (exact) mass is 267 g/mol. The summed E-state index contributed by atoms with van der Waals surface area (Å²) in [6, 6.07) is 6.91. The minimum Gasteiger partial charge on any atom is -0.497 e. The highest BCUT2D eigenvalue weighted by Crippen LogP contribution is 2.12. The van der Waals surface area contributed by atoms with Crippen molar-refractivity contribution in [2.45, 2.75) is 26.0 Å². The average Bonchev–Trinajstić information content (AvgIpc) is 2.42. The number of benzene rings is 1. The van der Waals surface area contributed by atoms with Crippen LogP contribution >= 0.6 is 0 Å². The van der Waals surface area contributed by atoms with Gasteiger partial charge in [-0.3, -0.25) is 0 Å². The summed E-state index contributed by atoms with van der Waals surface area (Å²) in [5.74, 6) is 0.226. The number of aliphatic hydroxyl groups is 1. The van der Waals surface area contributed by atoms with Gasteiger partial charge in [-0.1, -0.05) is 13.8 Å². The second-order valence-corrected chi connectivity index (χ2v) is 4.54. The van der Waals surface area contributed by atoms with Gasteiger partial charge in [0.2, 0.25) is 0 Å². The van der Waals surface area contributed by atoms with E-state index in [4.69, 9.17) is 9.47 Å². The van der Waals surface area contributed by atoms with E-state index in [1.165, 1.54) is 0 Å². The fourth-order valence-corrected chi connectivity index (χ4v) is 1.41. The lowest BCUT2D eigenvalue weighted by Gasteiger charge is -2.14. The summed E-state index contributed by atoms with van der Waals surface area (Å²) >= 11 is 0. The number of ether oxygens (including phenoxy) is 2. The smallest absolute Gasteiger partial charge is 0.338 e. The number of carbonyl (C=O) groups is 1. The van der Waals surface area contributed by atoms with Gasteiger partial charge in [0.15, 0.2) is 0 Å². The SMILES string of the molecule is COc1ccc(C(=O)OC[C@H](O)CNC(C)C)cc1. The van der Waals surface area contributed by atoms with E-state index in [0.717, 1.165) is 0 Å². The number of esters is 1. The van der Waals surface area contributed by atoms with Crippen LogP contribution < -0.4 is 10.1 Å². The number of hydrogen-bond donors (Lipinski definition) is 2. The maximum Gasteiger partial charge on any atom is 0.338 e. The summed E-state index contributed by atoms with van der Waals surface area (Å²) in [5, 5.41) is 12.7. The Bertz CT molecular complexity index is 389. The van der Waals surface area contributed by atoms with E-state index in [-0.39, 0.29) is 12.6 Å². The van der Waals surface area contributed by atoms with Crippen LogP contribution in [0.3, 0.4) is 0 Å². The number of carbonyl (C=O) groups excluding carboxylic acids is 1. The third-order valence-electron chi connectivity index (χ3n) is 2.49. The molecule has 106 valence electrons. The molecule has 5 nitrogen and oxygen atoms in total. The molecule has 0 saturated carbocycles. The second-order valence-electron chi connectivity index (χ2n) is 4.54. The molecule has 0 fully saturated rings. The van der Waals surface area contributed by atoms with Gasteiger partial charge in [-0.2, -0.15) is 0 Å². The van der Waals surface area contributed by atoms with Crippen LogP contribution in [0.4, 0.5) is 0 Å². The highest BCUT2D eigenvalue weighted by atomic mass is 16.5. The van der Waals surface area contributed by atoms with Crippen molar-refractivity contribution in [2.24, 2.45) is 0 Å². The predicted octanol–water partition coefficient (Wildman–Crippen LogP) is 1.21. The van der Waals surface area contributed by atoms with Crippen LogP contribution in [0.2, 0.25) is 0 Å². The van der Waals surface area contributed by atoms with E-state index in [0.29, 0.717) is 17.9 Å². The second kappa shape index (κ2) is 7.76. The predicted molar refractivity (Wildman–Crippen MR) is 72.4 cm³/mol. The van der Waals surface area contributed by atoms with E-state index < -0.39 is 12.1 Å². The molecule has 1 atom stereocenters. The quantitative estimate of drug-likeness (QED) is 0.727. The van der Waals surface area contributed by atoms with E-state index >= 15 is 0 Å². The molecule has 0 aliphatic heterocycles. The van der Waals surface area contributed by atoms with Gasteiger partial charge in [-0.25, -0.2) is 4.79 Å². The van der Waals surface area contributed by atoms with Crippen molar-refractivity contribution >= 4 is 5.97 Å². The number of aliphatic hydroxyl groups excluding tert-OH is 1. The van der Waals surface area contributed by atoms with Gasteiger partial charge in [0.1, 0.15) is 18.5 Å². The van der Waals surface area contributed by atoms with Crippen LogP contribution in [0.15, 0.2) is 24.3 Å². The Labute approximate surface area is 113 Å². The maximum atomic E-state index is 11.7. The lowest BCUT2D eigenvalue weighted by molar-refractivity contribution is 0.0256. The molecule has 1 rings (SSSR count). The average molecular weight is 267 g/mol. The van der Waals surface area contributed by atoms with Gasteiger partial charge in [0.25, 0.3) is 0 Å². The van der Waals surface area contributed by atoms with Gasteiger partial charge in [-0.15, -0.1) is 0 Å². The van der Waals surface area contributed by atoms with Crippen LogP contribution in [-0.2, 0) is 4.74 Å². The van der Waals surface area contributed by atoms with Crippen molar-refractivity contribution in [1.82, 2.24) is 5.32 Å². The molecule has 0 unspecified atom stereocenters. The molecule has 19 heavy (non-hydrogen) atoms. The fraction of sp³-hybridized carbons (Fsp3) is 0.500. The molecule has 2 N–H and O–H groups in total. The summed E-state index contributed by atoms with van der Waals surface area (Å²) in [7, 11) is 1.56. The van der Waals surface area contributed by atoms with Crippen molar-refractivity contribution in [3.63, 3.8) is 0 Å². The minimum absolute atomic E-state index is 0.0232. The molecular weight excluding hydrogens is 246 g/mol. The zero-order chi connectivity index (χ0) is 14.3. The van der Waals surface area contributed by atoms with E-state index in [1.807, 2.05) is 13.8 Å². The number of hydrogen-bond acceptors (Lipinski definition) is 5. The fourth-order valence-electron chi connectivity index (χ4n) is 1.41. The highest BCUT2D eigenvalue weighted by Gasteiger charge is 2.11. The van der Waals surface area contributed by atoms with Crippen molar-refractivity contribution in [3.05, 3.63) is 29.8 Å². The maximum absolute atomic E-state index is 11.7. The van der Waals surface area contributed by atoms with E-state index in [2.05, 4.69) is 5.32 Å². The Morgan fingerprint density at radius 3 is 2.47 bits per heavy atom. The molecule has 5 heteroatoms. The molecule has 0 spiro atoms. The number of rotatable bonds is 7. The van der Waals surface area contributed by atoms with Crippen molar-refractivity contribution in [2.75, 3.05) is 20.3 Å². The molecule has 1 aromatic carbocycles. The van der Waals surface area contributed by atoms with Crippen LogP contribution in [0.1, 0.15) is 24.2 Å². The molecule has 0 amide bonds. The molecule has 1 aromatic rings. The topological polar surface area (TPSA) is 67.8 Å². The van der Waals surface area contributed by atoms with Crippen LogP contribution in [-0.4, -0.2) is 43.5 Å². The summed E-state index contributed by atoms with van der Waals surface area (Å²) < 4.78 is 10.0. The van der Waals surface area contributed by atoms with Gasteiger partial charge >= 0.3 is 5.97 Å². The zero-order valence-electron chi connectivity index (χ0n) is 11.6. The van der Waals surface area contributed by atoms with Crippen LogP contribution in [0, 0.1) is 0 Å². The first-order valence-corrected chi connectivity index (χ1v) is 6.25. The third-order valence-corrected chi connectivity index (χ3v) is 2.49. The largest absolute Gasteiger partial charge is 0.497 e. The van der Waals surface area contributed by atoms with Crippen molar-refractivity contribution < 1.29 is 19.4 Å². The minimum atomic E-state index is -0.704. The summed E-state index contributed by atoms with van der Waals surface area (Å²) in [5.41, 5.74) is 0.435. The molecule has 0 aromatic heterocycles. The molecular formula is C14H21NO4. The number of methoxy groups -OCH3 is 1. The van der Waals surface area contributed by atoms with Crippen LogP contribution in [0.25, 0.3) is 0 Å². The Kier molecular flexibility index (Phi) is 6.32. The molecule has 0 heterocycles. The van der Waals surface area contributed by atoms with E-state index in [9.17, 15) is 9.90 Å². The lowest BCUT2D eigenvalue weighted by atomic mass is 10.2. The van der Waals surface area contributed by atoms with Gasteiger partial charge < -0.3 is 19.9 Å². The summed E-state index contributed by atoms with van der Waals surface area (Å²) in [4.78, 5) is 11.7. The van der Waals surface area contributed by atoms with Gasteiger partial charge in [0, 0.05) is 12.6 Å². The lowest BCUT2D eigenvalue weighted by Crippen LogP contribution is -2.35. The normalized spacial score (nSPS) is 12.3. The van der Waals surface area contributed by atoms with Crippen LogP contribution in [0.5, 0.6) is 5.75 Å². The summed E-state index contributed by atoms with van der Waals surface area (Å²) in [6.07, 6.45) is -0.704. The molecule has 0 saturated heterocycles. The summed E-state index contributed by atoms with van der Waals surface area (Å²) in [6.45, 7) is 4.34. The first kappa shape index (κ1) is 15.5.